The van der Waals surface area contributed by atoms with Crippen LogP contribution in [0.25, 0.3) is 0 Å². The molecule has 5 nitrogen and oxygen atoms in total. The van der Waals surface area contributed by atoms with Gasteiger partial charge in [0.15, 0.2) is 0 Å². The summed E-state index contributed by atoms with van der Waals surface area (Å²) in [5, 5.41) is 3.58. The summed E-state index contributed by atoms with van der Waals surface area (Å²) in [5.41, 5.74) is 0. The van der Waals surface area contributed by atoms with Gasteiger partial charge in [-0.05, 0) is 33.2 Å². The molecule has 1 aliphatic heterocycles. The van der Waals surface area contributed by atoms with Crippen molar-refractivity contribution in [3.8, 4) is 5.88 Å². The number of anilines is 1. The molecule has 19 heavy (non-hydrogen) atoms. The Labute approximate surface area is 115 Å². The van der Waals surface area contributed by atoms with E-state index in [0.717, 1.165) is 31.3 Å². The third kappa shape index (κ3) is 3.80. The molecule has 1 N–H and O–H groups in total. The predicted octanol–water partition coefficient (Wildman–Crippen LogP) is 1.76. The van der Waals surface area contributed by atoms with E-state index < -0.39 is 0 Å². The van der Waals surface area contributed by atoms with E-state index in [-0.39, 0.29) is 0 Å². The molecule has 0 saturated carbocycles. The fraction of sp³-hybridized carbons (Fsp3) is 0.714. The zero-order valence-electron chi connectivity index (χ0n) is 12.1. The summed E-state index contributed by atoms with van der Waals surface area (Å²) in [6, 6.07) is 2.48. The van der Waals surface area contributed by atoms with Gasteiger partial charge in [0.05, 0.1) is 7.11 Å². The second-order valence-electron chi connectivity index (χ2n) is 5.00. The molecule has 0 bridgehead atoms. The first-order valence-corrected chi connectivity index (χ1v) is 7.11. The van der Waals surface area contributed by atoms with Gasteiger partial charge in [0.25, 0.3) is 0 Å². The number of nitrogens with zero attached hydrogens (tertiary/aromatic N) is 3. The summed E-state index contributed by atoms with van der Waals surface area (Å²) in [4.78, 5) is 11.1. The lowest BCUT2D eigenvalue weighted by Crippen LogP contribution is -2.44. The summed E-state index contributed by atoms with van der Waals surface area (Å²) >= 11 is 0. The molecule has 2 heterocycles. The van der Waals surface area contributed by atoms with Crippen molar-refractivity contribution in [2.75, 3.05) is 31.6 Å². The zero-order chi connectivity index (χ0) is 13.7. The van der Waals surface area contributed by atoms with Crippen molar-refractivity contribution in [1.29, 1.82) is 0 Å². The molecule has 0 radical (unpaired) electrons. The van der Waals surface area contributed by atoms with Crippen molar-refractivity contribution in [3.63, 3.8) is 0 Å². The molecule has 2 rings (SSSR count). The Hall–Kier alpha value is -1.36. The molecular weight excluding hydrogens is 240 g/mol. The van der Waals surface area contributed by atoms with Crippen LogP contribution in [-0.2, 0) is 0 Å². The second kappa shape index (κ2) is 6.70. The van der Waals surface area contributed by atoms with Gasteiger partial charge in [0.2, 0.25) is 5.88 Å². The Morgan fingerprint density at radius 1 is 1.42 bits per heavy atom. The highest BCUT2D eigenvalue weighted by Gasteiger charge is 2.17. The Bertz CT molecular complexity index is 404. The fourth-order valence-corrected chi connectivity index (χ4v) is 2.52. The topological polar surface area (TPSA) is 50.3 Å². The number of hydrogen-bond donors (Lipinski definition) is 1. The van der Waals surface area contributed by atoms with E-state index in [1.54, 1.807) is 7.11 Å². The van der Waals surface area contributed by atoms with E-state index in [4.69, 9.17) is 4.74 Å². The summed E-state index contributed by atoms with van der Waals surface area (Å²) in [6.45, 7) is 7.13. The van der Waals surface area contributed by atoms with Gasteiger partial charge in [-0.25, -0.2) is 4.98 Å². The number of methoxy groups -OCH3 is 1. The highest BCUT2D eigenvalue weighted by Crippen LogP contribution is 2.18. The van der Waals surface area contributed by atoms with Crippen LogP contribution in [0.1, 0.15) is 32.0 Å². The highest BCUT2D eigenvalue weighted by molar-refractivity contribution is 5.42. The minimum Gasteiger partial charge on any atom is -0.481 e. The van der Waals surface area contributed by atoms with Gasteiger partial charge in [-0.1, -0.05) is 6.42 Å². The van der Waals surface area contributed by atoms with Gasteiger partial charge < -0.3 is 15.0 Å². The fourth-order valence-electron chi connectivity index (χ4n) is 2.52. The van der Waals surface area contributed by atoms with E-state index >= 15 is 0 Å². The first-order chi connectivity index (χ1) is 9.22. The monoisotopic (exact) mass is 264 g/mol. The molecular formula is C14H24N4O. The van der Waals surface area contributed by atoms with Crippen LogP contribution < -0.4 is 15.0 Å². The molecule has 1 atom stereocenters. The van der Waals surface area contributed by atoms with Crippen LogP contribution in [0.4, 0.5) is 5.82 Å². The van der Waals surface area contributed by atoms with Crippen LogP contribution in [0.3, 0.4) is 0 Å². The lowest BCUT2D eigenvalue weighted by Gasteiger charge is -2.30. The lowest BCUT2D eigenvalue weighted by molar-refractivity contribution is 0.392. The van der Waals surface area contributed by atoms with Gasteiger partial charge in [0, 0.05) is 25.2 Å². The van der Waals surface area contributed by atoms with E-state index in [1.165, 1.54) is 19.3 Å². The normalized spacial score (nSPS) is 19.2. The number of piperidine rings is 1. The van der Waals surface area contributed by atoms with Gasteiger partial charge in [-0.15, -0.1) is 0 Å². The van der Waals surface area contributed by atoms with E-state index in [0.29, 0.717) is 11.9 Å². The van der Waals surface area contributed by atoms with Gasteiger partial charge in [-0.2, -0.15) is 4.98 Å². The Morgan fingerprint density at radius 2 is 2.26 bits per heavy atom. The quantitative estimate of drug-likeness (QED) is 0.878. The summed E-state index contributed by atoms with van der Waals surface area (Å²) < 4.78 is 5.23. The summed E-state index contributed by atoms with van der Waals surface area (Å²) in [6.07, 6.45) is 3.86. The number of hydrogen-bond acceptors (Lipinski definition) is 5. The van der Waals surface area contributed by atoms with Crippen molar-refractivity contribution in [3.05, 3.63) is 11.9 Å². The molecule has 1 aliphatic rings. The number of ether oxygens (including phenoxy) is 1. The van der Waals surface area contributed by atoms with Gasteiger partial charge in [0.1, 0.15) is 11.6 Å². The molecule has 5 heteroatoms. The molecule has 0 spiro atoms. The Morgan fingerprint density at radius 3 is 2.89 bits per heavy atom. The van der Waals surface area contributed by atoms with Crippen LogP contribution in [0.15, 0.2) is 6.07 Å². The number of nitrogens with one attached hydrogen (secondary N) is 1. The van der Waals surface area contributed by atoms with E-state index in [1.807, 2.05) is 13.0 Å². The van der Waals surface area contributed by atoms with Crippen molar-refractivity contribution in [2.24, 2.45) is 0 Å². The molecule has 106 valence electrons. The maximum Gasteiger partial charge on any atom is 0.218 e. The Balaban J connectivity index is 2.09. The van der Waals surface area contributed by atoms with Gasteiger partial charge in [-0.3, -0.25) is 0 Å². The predicted molar refractivity (Wildman–Crippen MR) is 76.8 cm³/mol. The molecule has 1 fully saturated rings. The maximum atomic E-state index is 5.23. The molecule has 1 aromatic heterocycles. The summed E-state index contributed by atoms with van der Waals surface area (Å²) in [7, 11) is 1.64. The highest BCUT2D eigenvalue weighted by atomic mass is 16.5. The smallest absolute Gasteiger partial charge is 0.218 e. The van der Waals surface area contributed by atoms with Crippen LogP contribution in [-0.4, -0.2) is 42.8 Å². The van der Waals surface area contributed by atoms with Crippen molar-refractivity contribution in [1.82, 2.24) is 15.3 Å². The molecule has 0 aromatic carbocycles. The summed E-state index contributed by atoms with van der Waals surface area (Å²) in [5.74, 6) is 2.35. The Kier molecular flexibility index (Phi) is 4.96. The molecule has 0 amide bonds. The minimum absolute atomic E-state index is 0.565. The van der Waals surface area contributed by atoms with Crippen molar-refractivity contribution >= 4 is 5.82 Å². The van der Waals surface area contributed by atoms with Crippen LogP contribution in [0.2, 0.25) is 0 Å². The average molecular weight is 264 g/mol. The number of rotatable bonds is 5. The van der Waals surface area contributed by atoms with Gasteiger partial charge >= 0.3 is 0 Å². The third-order valence-electron chi connectivity index (χ3n) is 3.57. The number of likely N-dealkylation sites (N-methyl/N-ethyl adjacent to an activating group) is 1. The van der Waals surface area contributed by atoms with Crippen LogP contribution in [0.5, 0.6) is 5.88 Å². The lowest BCUT2D eigenvalue weighted by atomic mass is 10.0. The standard InChI is InChI=1S/C14H24N4O/c1-4-18(10-12-7-5-6-8-15-12)13-9-14(19-3)17-11(2)16-13/h9,12,15H,4-8,10H2,1-3H3. The maximum absolute atomic E-state index is 5.23. The minimum atomic E-state index is 0.565. The average Bonchev–Trinajstić information content (AvgIpc) is 2.45. The molecule has 1 saturated heterocycles. The zero-order valence-corrected chi connectivity index (χ0v) is 12.1. The third-order valence-corrected chi connectivity index (χ3v) is 3.57. The van der Waals surface area contributed by atoms with Crippen LogP contribution in [0, 0.1) is 6.92 Å². The van der Waals surface area contributed by atoms with Crippen LogP contribution >= 0.6 is 0 Å². The SMILES string of the molecule is CCN(CC1CCCCN1)c1cc(OC)nc(C)n1. The first-order valence-electron chi connectivity index (χ1n) is 7.11. The molecule has 0 aliphatic carbocycles. The largest absolute Gasteiger partial charge is 0.481 e. The molecule has 1 unspecified atom stereocenters. The molecule has 1 aromatic rings. The van der Waals surface area contributed by atoms with E-state index in [9.17, 15) is 0 Å². The number of aryl methyl sites for hydroxylation is 1. The second-order valence-corrected chi connectivity index (χ2v) is 5.00. The van der Waals surface area contributed by atoms with Crippen molar-refractivity contribution in [2.45, 2.75) is 39.2 Å². The van der Waals surface area contributed by atoms with Crippen molar-refractivity contribution < 1.29 is 4.74 Å². The first kappa shape index (κ1) is 14.1. The number of aromatic nitrogens is 2. The van der Waals surface area contributed by atoms with E-state index in [2.05, 4.69) is 27.1 Å².